The van der Waals surface area contributed by atoms with Crippen LogP contribution in [-0.2, 0) is 10.2 Å². The van der Waals surface area contributed by atoms with Crippen molar-refractivity contribution in [2.45, 2.75) is 31.3 Å². The summed E-state index contributed by atoms with van der Waals surface area (Å²) in [5, 5.41) is 13.6. The minimum atomic E-state index is -0.225. The first-order chi connectivity index (χ1) is 16.8. The van der Waals surface area contributed by atoms with Crippen LogP contribution in [0, 0.1) is 0 Å². The monoisotopic (exact) mass is 547 g/mol. The van der Waals surface area contributed by atoms with Crippen LogP contribution in [0.2, 0.25) is 0 Å². The fourth-order valence-electron chi connectivity index (χ4n) is 3.40. The van der Waals surface area contributed by atoms with Gasteiger partial charge in [-0.05, 0) is 29.2 Å². The number of thioether (sulfide) groups is 1. The van der Waals surface area contributed by atoms with Crippen molar-refractivity contribution in [2.24, 2.45) is 5.10 Å². The smallest absolute Gasteiger partial charge is 0.250 e. The highest BCUT2D eigenvalue weighted by Gasteiger charge is 2.19. The molecule has 0 fully saturated rings. The van der Waals surface area contributed by atoms with Crippen LogP contribution in [0.25, 0.3) is 17.1 Å². The van der Waals surface area contributed by atoms with E-state index >= 15 is 0 Å². The molecule has 8 heteroatoms. The molecule has 178 valence electrons. The van der Waals surface area contributed by atoms with Crippen molar-refractivity contribution in [3.63, 3.8) is 0 Å². The first kappa shape index (κ1) is 24.9. The second-order valence-corrected chi connectivity index (χ2v) is 10.7. The van der Waals surface area contributed by atoms with E-state index in [1.807, 2.05) is 59.2 Å². The van der Waals surface area contributed by atoms with E-state index in [0.717, 1.165) is 27.1 Å². The van der Waals surface area contributed by atoms with E-state index in [1.54, 1.807) is 6.21 Å². The zero-order valence-electron chi connectivity index (χ0n) is 19.8. The Bertz CT molecular complexity index is 1330. The Kier molecular flexibility index (Phi) is 7.83. The van der Waals surface area contributed by atoms with Crippen LogP contribution >= 0.6 is 27.7 Å². The van der Waals surface area contributed by atoms with E-state index in [1.165, 1.54) is 17.3 Å². The van der Waals surface area contributed by atoms with Gasteiger partial charge in [-0.25, -0.2) is 5.43 Å². The molecule has 1 aromatic heterocycles. The van der Waals surface area contributed by atoms with Crippen molar-refractivity contribution in [3.8, 4) is 17.1 Å². The number of halogens is 1. The Morgan fingerprint density at radius 3 is 2.37 bits per heavy atom. The van der Waals surface area contributed by atoms with Gasteiger partial charge in [-0.15, -0.1) is 10.2 Å². The molecule has 0 bridgehead atoms. The third-order valence-corrected chi connectivity index (χ3v) is 6.94. The first-order valence-electron chi connectivity index (χ1n) is 11.1. The second kappa shape index (κ2) is 11.0. The van der Waals surface area contributed by atoms with Crippen LogP contribution in [0.5, 0.6) is 0 Å². The molecule has 4 aromatic rings. The molecule has 0 atom stereocenters. The predicted octanol–water partition coefficient (Wildman–Crippen LogP) is 6.24. The first-order valence-corrected chi connectivity index (χ1v) is 12.9. The second-order valence-electron chi connectivity index (χ2n) is 8.91. The Hall–Kier alpha value is -3.23. The molecule has 0 aliphatic heterocycles. The molecule has 35 heavy (non-hydrogen) atoms. The Balaban J connectivity index is 1.53. The fraction of sp³-hybridized carbons (Fsp3) is 0.185. The lowest BCUT2D eigenvalue weighted by Crippen LogP contribution is -2.20. The molecule has 0 spiro atoms. The number of hydrogen-bond acceptors (Lipinski definition) is 5. The normalized spacial score (nSPS) is 11.7. The molecule has 6 nitrogen and oxygen atoms in total. The van der Waals surface area contributed by atoms with Gasteiger partial charge >= 0.3 is 0 Å². The van der Waals surface area contributed by atoms with Crippen LogP contribution in [0.15, 0.2) is 93.6 Å². The summed E-state index contributed by atoms with van der Waals surface area (Å²) in [5.41, 5.74) is 6.67. The summed E-state index contributed by atoms with van der Waals surface area (Å²) in [7, 11) is 0. The number of hydrogen-bond donors (Lipinski definition) is 1. The van der Waals surface area contributed by atoms with Gasteiger partial charge < -0.3 is 0 Å². The standard InChI is InChI=1S/C27H26BrN5OS/c1-27(2,3)21-15-13-19(14-16-21)25-31-32-26(33(25)22-10-5-4-6-11-22)35-18-24(34)30-29-17-20-9-7-8-12-23(20)28/h4-17H,18H2,1-3H3,(H,30,34)/b29-17-. The number of nitrogens with zero attached hydrogens (tertiary/aromatic N) is 4. The maximum Gasteiger partial charge on any atom is 0.250 e. The average molecular weight is 549 g/mol. The van der Waals surface area contributed by atoms with Crippen LogP contribution in [-0.4, -0.2) is 32.6 Å². The number of carbonyl (C=O) groups is 1. The summed E-state index contributed by atoms with van der Waals surface area (Å²) in [6.45, 7) is 6.57. The maximum absolute atomic E-state index is 12.4. The van der Waals surface area contributed by atoms with Gasteiger partial charge in [0.1, 0.15) is 0 Å². The lowest BCUT2D eigenvalue weighted by atomic mass is 9.87. The van der Waals surface area contributed by atoms with Gasteiger partial charge in [-0.1, -0.05) is 109 Å². The summed E-state index contributed by atoms with van der Waals surface area (Å²) >= 11 is 4.78. The van der Waals surface area contributed by atoms with Crippen molar-refractivity contribution in [2.75, 3.05) is 5.75 Å². The molecule has 0 radical (unpaired) electrons. The number of aromatic nitrogens is 3. The van der Waals surface area contributed by atoms with Gasteiger partial charge in [-0.3, -0.25) is 9.36 Å². The summed E-state index contributed by atoms with van der Waals surface area (Å²) < 4.78 is 2.89. The van der Waals surface area contributed by atoms with Crippen molar-refractivity contribution in [1.29, 1.82) is 0 Å². The van der Waals surface area contributed by atoms with Crippen molar-refractivity contribution >= 4 is 39.8 Å². The highest BCUT2D eigenvalue weighted by atomic mass is 79.9. The molecule has 0 unspecified atom stereocenters. The molecule has 0 aliphatic rings. The largest absolute Gasteiger partial charge is 0.272 e. The number of hydrazone groups is 1. The molecular formula is C27H26BrN5OS. The number of para-hydroxylation sites is 1. The minimum absolute atomic E-state index is 0.0685. The number of benzene rings is 3. The van der Waals surface area contributed by atoms with E-state index in [2.05, 4.69) is 81.7 Å². The van der Waals surface area contributed by atoms with Gasteiger partial charge in [0.2, 0.25) is 0 Å². The molecular weight excluding hydrogens is 522 g/mol. The molecule has 0 saturated carbocycles. The third-order valence-electron chi connectivity index (χ3n) is 5.29. The van der Waals surface area contributed by atoms with Crippen LogP contribution in [0.4, 0.5) is 0 Å². The summed E-state index contributed by atoms with van der Waals surface area (Å²) in [5.74, 6) is 0.657. The minimum Gasteiger partial charge on any atom is -0.272 e. The molecule has 0 saturated heterocycles. The molecule has 1 N–H and O–H groups in total. The van der Waals surface area contributed by atoms with E-state index < -0.39 is 0 Å². The van der Waals surface area contributed by atoms with Crippen LogP contribution in [0.1, 0.15) is 31.9 Å². The SMILES string of the molecule is CC(C)(C)c1ccc(-c2nnc(SCC(=O)N/N=C\c3ccccc3Br)n2-c2ccccc2)cc1. The van der Waals surface area contributed by atoms with Gasteiger partial charge in [-0.2, -0.15) is 5.10 Å². The zero-order valence-corrected chi connectivity index (χ0v) is 22.2. The van der Waals surface area contributed by atoms with Crippen molar-refractivity contribution in [3.05, 3.63) is 94.5 Å². The van der Waals surface area contributed by atoms with Gasteiger partial charge in [0, 0.05) is 21.3 Å². The van der Waals surface area contributed by atoms with E-state index in [9.17, 15) is 4.79 Å². The molecule has 1 heterocycles. The van der Waals surface area contributed by atoms with Gasteiger partial charge in [0.15, 0.2) is 11.0 Å². The van der Waals surface area contributed by atoms with Gasteiger partial charge in [0.05, 0.1) is 12.0 Å². The predicted molar refractivity (Wildman–Crippen MR) is 146 cm³/mol. The summed E-state index contributed by atoms with van der Waals surface area (Å²) in [6, 6.07) is 26.0. The molecule has 3 aromatic carbocycles. The van der Waals surface area contributed by atoms with E-state index in [-0.39, 0.29) is 17.1 Å². The third kappa shape index (κ3) is 6.26. The number of rotatable bonds is 7. The zero-order chi connectivity index (χ0) is 24.8. The van der Waals surface area contributed by atoms with E-state index in [0.29, 0.717) is 5.16 Å². The highest BCUT2D eigenvalue weighted by Crippen LogP contribution is 2.30. The number of carbonyl (C=O) groups excluding carboxylic acids is 1. The number of nitrogens with one attached hydrogen (secondary N) is 1. The highest BCUT2D eigenvalue weighted by molar-refractivity contribution is 9.10. The molecule has 4 rings (SSSR count). The van der Waals surface area contributed by atoms with Gasteiger partial charge in [0.25, 0.3) is 5.91 Å². The average Bonchev–Trinajstić information content (AvgIpc) is 3.28. The lowest BCUT2D eigenvalue weighted by molar-refractivity contribution is -0.118. The lowest BCUT2D eigenvalue weighted by Gasteiger charge is -2.19. The Morgan fingerprint density at radius 1 is 1.00 bits per heavy atom. The summed E-state index contributed by atoms with van der Waals surface area (Å²) in [6.07, 6.45) is 1.61. The van der Waals surface area contributed by atoms with Crippen molar-refractivity contribution in [1.82, 2.24) is 20.2 Å². The van der Waals surface area contributed by atoms with Crippen molar-refractivity contribution < 1.29 is 4.79 Å². The molecule has 1 amide bonds. The maximum atomic E-state index is 12.4. The number of amides is 1. The quantitative estimate of drug-likeness (QED) is 0.169. The van der Waals surface area contributed by atoms with Crippen LogP contribution in [0.3, 0.4) is 0 Å². The summed E-state index contributed by atoms with van der Waals surface area (Å²) in [4.78, 5) is 12.4. The Labute approximate surface area is 218 Å². The van der Waals surface area contributed by atoms with E-state index in [4.69, 9.17) is 0 Å². The topological polar surface area (TPSA) is 72.2 Å². The fourth-order valence-corrected chi connectivity index (χ4v) is 4.53. The van der Waals surface area contributed by atoms with Crippen LogP contribution < -0.4 is 5.43 Å². The Morgan fingerprint density at radius 2 is 1.69 bits per heavy atom. The molecule has 0 aliphatic carbocycles.